The van der Waals surface area contributed by atoms with Crippen molar-refractivity contribution in [3.05, 3.63) is 82.1 Å². The van der Waals surface area contributed by atoms with E-state index in [2.05, 4.69) is 15.2 Å². The van der Waals surface area contributed by atoms with Crippen LogP contribution in [0.4, 0.5) is 10.6 Å². The molecule has 0 bridgehead atoms. The molecule has 0 radical (unpaired) electrons. The van der Waals surface area contributed by atoms with Crippen LogP contribution in [0.25, 0.3) is 28.1 Å². The van der Waals surface area contributed by atoms with Crippen LogP contribution in [0, 0.1) is 5.92 Å². The zero-order chi connectivity index (χ0) is 34.1. The number of aromatic nitrogens is 2. The number of nitrogens with one attached hydrogen (secondary N) is 2. The Morgan fingerprint density at radius 2 is 1.66 bits per heavy atom. The van der Waals surface area contributed by atoms with Gasteiger partial charge in [0.1, 0.15) is 17.0 Å². The molecular formula is C36H40Cl2N4O5. The fourth-order valence-corrected chi connectivity index (χ4v) is 6.30. The maximum atomic E-state index is 14.6. The van der Waals surface area contributed by atoms with E-state index in [9.17, 15) is 14.4 Å². The quantitative estimate of drug-likeness (QED) is 0.150. The number of halogens is 2. The maximum Gasteiger partial charge on any atom is 0.407 e. The summed E-state index contributed by atoms with van der Waals surface area (Å²) in [6.45, 7) is 12.6. The molecule has 0 aliphatic carbocycles. The molecule has 1 saturated heterocycles. The largest absolute Gasteiger partial charge is 0.457 e. The third-order valence-corrected chi connectivity index (χ3v) is 8.26. The van der Waals surface area contributed by atoms with Crippen molar-refractivity contribution in [1.82, 2.24) is 14.9 Å². The highest BCUT2D eigenvalue weighted by Crippen LogP contribution is 2.41. The Balaban J connectivity index is 1.49. The van der Waals surface area contributed by atoms with Gasteiger partial charge >= 0.3 is 12.1 Å². The van der Waals surface area contributed by atoms with E-state index in [-0.39, 0.29) is 11.8 Å². The average Bonchev–Trinajstić information content (AvgIpc) is 3.71. The summed E-state index contributed by atoms with van der Waals surface area (Å²) in [5.41, 5.74) is 1.81. The van der Waals surface area contributed by atoms with E-state index >= 15 is 0 Å². The number of esters is 1. The molecular weight excluding hydrogens is 639 g/mol. The number of benzene rings is 2. The van der Waals surface area contributed by atoms with Crippen molar-refractivity contribution in [2.24, 2.45) is 5.92 Å². The summed E-state index contributed by atoms with van der Waals surface area (Å²) in [4.78, 5) is 44.7. The molecule has 3 heterocycles. The van der Waals surface area contributed by atoms with Crippen LogP contribution < -0.4 is 10.2 Å². The van der Waals surface area contributed by atoms with Gasteiger partial charge < -0.3 is 24.7 Å². The van der Waals surface area contributed by atoms with Crippen molar-refractivity contribution in [2.75, 3.05) is 24.5 Å². The van der Waals surface area contributed by atoms with Gasteiger partial charge in [0.2, 0.25) is 0 Å². The molecule has 2 aromatic heterocycles. The highest BCUT2D eigenvalue weighted by atomic mass is 35.5. The van der Waals surface area contributed by atoms with Crippen molar-refractivity contribution < 1.29 is 23.9 Å². The number of amides is 1. The first-order valence-electron chi connectivity index (χ1n) is 15.5. The van der Waals surface area contributed by atoms with Gasteiger partial charge in [0.05, 0.1) is 11.1 Å². The van der Waals surface area contributed by atoms with E-state index < -0.39 is 23.3 Å². The summed E-state index contributed by atoms with van der Waals surface area (Å²) in [5.74, 6) is 0.0655. The molecule has 1 atom stereocenters. The summed E-state index contributed by atoms with van der Waals surface area (Å²) >= 11 is 13.3. The number of H-pyrrole nitrogens is 1. The Labute approximate surface area is 284 Å². The molecule has 0 unspecified atom stereocenters. The zero-order valence-corrected chi connectivity index (χ0v) is 29.0. The average molecular weight is 680 g/mol. The Morgan fingerprint density at radius 3 is 2.34 bits per heavy atom. The SMILES string of the molecule is CC(C)(C)OC(=O)/C=C/c1cccc2c1ccn2C(=O)c1c(-c2c(Cl)cccc2Cl)c[nH]c1N1CC[C@H](CNC(=O)OC(C)(C)C)C1. The van der Waals surface area contributed by atoms with Gasteiger partial charge in [-0.3, -0.25) is 9.36 Å². The van der Waals surface area contributed by atoms with Gasteiger partial charge in [0.15, 0.2) is 0 Å². The van der Waals surface area contributed by atoms with E-state index in [1.54, 1.807) is 41.2 Å². The second-order valence-electron chi connectivity index (χ2n) is 13.6. The summed E-state index contributed by atoms with van der Waals surface area (Å²) in [6.07, 6.45) is 6.93. The number of hydrogen-bond acceptors (Lipinski definition) is 6. The molecule has 0 saturated carbocycles. The molecule has 0 spiro atoms. The van der Waals surface area contributed by atoms with Gasteiger partial charge in [-0.15, -0.1) is 0 Å². The van der Waals surface area contributed by atoms with Crippen LogP contribution >= 0.6 is 23.2 Å². The number of anilines is 1. The fourth-order valence-electron chi connectivity index (χ4n) is 5.70. The lowest BCUT2D eigenvalue weighted by molar-refractivity contribution is -0.148. The molecule has 1 fully saturated rings. The minimum absolute atomic E-state index is 0.146. The standard InChI is InChI=1S/C36H40Cl2N4O5/c1-35(2,3)46-29(43)14-13-23-9-7-12-28-24(23)16-18-42(28)33(44)31-25(30-26(37)10-8-11-27(30)38)20-39-32(31)41-17-15-22(21-41)19-40-34(45)47-36(4,5)6/h7-14,16,18,20,22,39H,15,17,19,21H2,1-6H3,(H,40,45)/b14-13+/t22-/m1/s1. The molecule has 2 aromatic carbocycles. The fraction of sp³-hybridized carbons (Fsp3) is 0.361. The van der Waals surface area contributed by atoms with Crippen molar-refractivity contribution in [3.63, 3.8) is 0 Å². The molecule has 9 nitrogen and oxygen atoms in total. The van der Waals surface area contributed by atoms with Gasteiger partial charge in [-0.25, -0.2) is 9.59 Å². The van der Waals surface area contributed by atoms with E-state index in [4.69, 9.17) is 32.7 Å². The number of alkyl carbamates (subject to hydrolysis) is 1. The number of carbonyl (C=O) groups excluding carboxylic acids is 3. The number of ether oxygens (including phenoxy) is 2. The molecule has 4 aromatic rings. The van der Waals surface area contributed by atoms with Crippen molar-refractivity contribution >= 4 is 64.0 Å². The third kappa shape index (κ3) is 8.03. The topological polar surface area (TPSA) is 106 Å². The molecule has 248 valence electrons. The summed E-state index contributed by atoms with van der Waals surface area (Å²) in [7, 11) is 0. The van der Waals surface area contributed by atoms with Crippen molar-refractivity contribution in [3.8, 4) is 11.1 Å². The van der Waals surface area contributed by atoms with Crippen LogP contribution in [0.5, 0.6) is 0 Å². The monoisotopic (exact) mass is 678 g/mol. The van der Waals surface area contributed by atoms with Gasteiger partial charge in [-0.2, -0.15) is 0 Å². The number of rotatable bonds is 7. The molecule has 1 aliphatic rings. The highest BCUT2D eigenvalue weighted by molar-refractivity contribution is 6.39. The first kappa shape index (κ1) is 34.1. The molecule has 11 heteroatoms. The number of hydrogen-bond donors (Lipinski definition) is 2. The normalized spacial score (nSPS) is 15.4. The van der Waals surface area contributed by atoms with Crippen LogP contribution in [0.15, 0.2) is 60.9 Å². The van der Waals surface area contributed by atoms with Gasteiger partial charge in [-0.1, -0.05) is 41.4 Å². The first-order valence-corrected chi connectivity index (χ1v) is 16.3. The Bertz CT molecular complexity index is 1820. The number of aromatic amines is 1. The molecule has 2 N–H and O–H groups in total. The minimum Gasteiger partial charge on any atom is -0.457 e. The summed E-state index contributed by atoms with van der Waals surface area (Å²) in [5, 5.41) is 4.51. The Morgan fingerprint density at radius 1 is 0.979 bits per heavy atom. The van der Waals surface area contributed by atoms with Crippen LogP contribution in [0.2, 0.25) is 10.0 Å². The lowest BCUT2D eigenvalue weighted by Crippen LogP contribution is -2.36. The molecule has 47 heavy (non-hydrogen) atoms. The lowest BCUT2D eigenvalue weighted by Gasteiger charge is -2.21. The maximum absolute atomic E-state index is 14.6. The lowest BCUT2D eigenvalue weighted by atomic mass is 10.0. The summed E-state index contributed by atoms with van der Waals surface area (Å²) < 4.78 is 12.4. The Hall–Kier alpha value is -4.21. The number of nitrogens with zero attached hydrogens (tertiary/aromatic N) is 2. The molecule has 1 aliphatic heterocycles. The first-order chi connectivity index (χ1) is 22.1. The van der Waals surface area contributed by atoms with Crippen LogP contribution in [-0.2, 0) is 14.3 Å². The predicted molar refractivity (Wildman–Crippen MR) is 187 cm³/mol. The smallest absolute Gasteiger partial charge is 0.407 e. The van der Waals surface area contributed by atoms with Gasteiger partial charge in [0.25, 0.3) is 5.91 Å². The van der Waals surface area contributed by atoms with E-state index in [1.807, 2.05) is 65.8 Å². The highest BCUT2D eigenvalue weighted by Gasteiger charge is 2.32. The summed E-state index contributed by atoms with van der Waals surface area (Å²) in [6, 6.07) is 12.7. The van der Waals surface area contributed by atoms with Crippen LogP contribution in [0.1, 0.15) is 63.9 Å². The molecule has 1 amide bonds. The minimum atomic E-state index is -0.607. The van der Waals surface area contributed by atoms with Gasteiger partial charge in [-0.05, 0) is 89.8 Å². The van der Waals surface area contributed by atoms with E-state index in [0.29, 0.717) is 57.7 Å². The van der Waals surface area contributed by atoms with E-state index in [0.717, 1.165) is 17.4 Å². The second kappa shape index (κ2) is 13.5. The Kier molecular flexibility index (Phi) is 9.80. The van der Waals surface area contributed by atoms with Crippen LogP contribution in [-0.4, -0.2) is 58.4 Å². The predicted octanol–water partition coefficient (Wildman–Crippen LogP) is 8.34. The third-order valence-electron chi connectivity index (χ3n) is 7.63. The van der Waals surface area contributed by atoms with Crippen LogP contribution in [0.3, 0.4) is 0 Å². The van der Waals surface area contributed by atoms with Gasteiger partial charge in [0, 0.05) is 64.7 Å². The molecule has 5 rings (SSSR count). The zero-order valence-electron chi connectivity index (χ0n) is 27.4. The second-order valence-corrected chi connectivity index (χ2v) is 14.5. The van der Waals surface area contributed by atoms with E-state index in [1.165, 1.54) is 6.08 Å². The number of fused-ring (bicyclic) bond motifs is 1. The number of carbonyl (C=O) groups is 3. The van der Waals surface area contributed by atoms with Crippen molar-refractivity contribution in [2.45, 2.75) is 59.2 Å². The van der Waals surface area contributed by atoms with Crippen molar-refractivity contribution in [1.29, 1.82) is 0 Å².